The Morgan fingerprint density at radius 1 is 0.479 bits per heavy atom. The van der Waals surface area contributed by atoms with Gasteiger partial charge in [0, 0.05) is 17.1 Å². The Kier molecular flexibility index (Phi) is 9.30. The molecule has 0 aliphatic carbocycles. The number of ether oxygens (including phenoxy) is 1. The van der Waals surface area contributed by atoms with E-state index in [2.05, 4.69) is 118 Å². The summed E-state index contributed by atoms with van der Waals surface area (Å²) in [6.07, 6.45) is 0. The second-order valence-corrected chi connectivity index (χ2v) is 14.3. The number of aromatic nitrogens is 1. The van der Waals surface area contributed by atoms with Crippen LogP contribution in [0.2, 0.25) is 5.02 Å². The van der Waals surface area contributed by atoms with Crippen molar-refractivity contribution in [2.45, 2.75) is 52.4 Å². The lowest BCUT2D eigenvalue weighted by atomic mass is 9.87. The molecule has 1 heterocycles. The topological polar surface area (TPSA) is 28.6 Å². The molecule has 48 heavy (non-hydrogen) atoms. The molecule has 4 nitrogen and oxygen atoms in total. The normalized spacial score (nSPS) is 11.6. The summed E-state index contributed by atoms with van der Waals surface area (Å²) in [4.78, 5) is 9.62. The Morgan fingerprint density at radius 2 is 0.938 bits per heavy atom. The number of halogens is 1. The van der Waals surface area contributed by atoms with Gasteiger partial charge >= 0.3 is 0 Å². The minimum absolute atomic E-state index is 0.0457. The summed E-state index contributed by atoms with van der Waals surface area (Å²) < 4.78 is 6.23. The number of para-hydroxylation sites is 2. The molecule has 0 spiro atoms. The van der Waals surface area contributed by atoms with Gasteiger partial charge in [0.1, 0.15) is 28.2 Å². The summed E-state index contributed by atoms with van der Waals surface area (Å²) in [6, 6.07) is 49.4. The molecule has 0 unspecified atom stereocenters. The molecule has 6 aromatic rings. The van der Waals surface area contributed by atoms with Crippen molar-refractivity contribution in [1.29, 1.82) is 0 Å². The fourth-order valence-electron chi connectivity index (χ4n) is 5.63. The minimum atomic E-state index is 0.0457. The van der Waals surface area contributed by atoms with Gasteiger partial charge in [0.05, 0.1) is 5.69 Å². The van der Waals surface area contributed by atoms with E-state index in [1.807, 2.05) is 78.9 Å². The van der Waals surface area contributed by atoms with Crippen molar-refractivity contribution in [3.63, 3.8) is 0 Å². The van der Waals surface area contributed by atoms with Crippen LogP contribution in [0.5, 0.6) is 11.5 Å². The van der Waals surface area contributed by atoms with Gasteiger partial charge in [0.25, 0.3) is 0 Å². The highest BCUT2D eigenvalue weighted by atomic mass is 35.5. The first kappa shape index (κ1) is 32.9. The van der Waals surface area contributed by atoms with Crippen LogP contribution in [0.3, 0.4) is 0 Å². The molecule has 6 rings (SSSR count). The van der Waals surface area contributed by atoms with Crippen molar-refractivity contribution in [3.05, 3.63) is 162 Å². The molecule has 0 N–H and O–H groups in total. The van der Waals surface area contributed by atoms with Crippen molar-refractivity contribution >= 4 is 46.0 Å². The van der Waals surface area contributed by atoms with E-state index in [-0.39, 0.29) is 10.8 Å². The second kappa shape index (κ2) is 13.6. The van der Waals surface area contributed by atoms with E-state index in [4.69, 9.17) is 21.3 Å². The molecule has 1 aromatic heterocycles. The maximum absolute atomic E-state index is 7.15. The minimum Gasteiger partial charge on any atom is -0.456 e. The van der Waals surface area contributed by atoms with Crippen LogP contribution in [0, 0.1) is 0 Å². The van der Waals surface area contributed by atoms with Crippen molar-refractivity contribution in [3.8, 4) is 11.5 Å². The first-order valence-electron chi connectivity index (χ1n) is 16.3. The van der Waals surface area contributed by atoms with Crippen molar-refractivity contribution in [1.82, 2.24) is 4.98 Å². The predicted molar refractivity (Wildman–Crippen MR) is 203 cm³/mol. The highest BCUT2D eigenvalue weighted by molar-refractivity contribution is 6.35. The SMILES string of the molecule is CC(C)(C)c1ccc(N(c2ccc(C(C)(C)C)cc2)c2cccc(N(c3ccccc3)c3cccc(Oc4ccccc4)c3Cl)n2)cc1. The van der Waals surface area contributed by atoms with Crippen LogP contribution in [-0.4, -0.2) is 4.98 Å². The summed E-state index contributed by atoms with van der Waals surface area (Å²) in [5.74, 6) is 2.79. The van der Waals surface area contributed by atoms with Crippen molar-refractivity contribution < 1.29 is 4.74 Å². The monoisotopic (exact) mass is 651 g/mol. The quantitative estimate of drug-likeness (QED) is 0.164. The Labute approximate surface area is 290 Å². The van der Waals surface area contributed by atoms with Crippen LogP contribution in [-0.2, 0) is 10.8 Å². The van der Waals surface area contributed by atoms with Gasteiger partial charge in [0.15, 0.2) is 0 Å². The van der Waals surface area contributed by atoms with E-state index in [1.165, 1.54) is 11.1 Å². The maximum atomic E-state index is 7.15. The molecule has 5 heteroatoms. The summed E-state index contributed by atoms with van der Waals surface area (Å²) in [5, 5.41) is 0.491. The molecule has 0 fully saturated rings. The lowest BCUT2D eigenvalue weighted by molar-refractivity contribution is 0.483. The van der Waals surface area contributed by atoms with Crippen LogP contribution >= 0.6 is 11.6 Å². The van der Waals surface area contributed by atoms with Crippen molar-refractivity contribution in [2.24, 2.45) is 0 Å². The van der Waals surface area contributed by atoms with E-state index in [9.17, 15) is 0 Å². The third-order valence-electron chi connectivity index (χ3n) is 8.33. The third kappa shape index (κ3) is 7.25. The van der Waals surface area contributed by atoms with Gasteiger partial charge < -0.3 is 4.74 Å². The number of anilines is 6. The molecule has 0 atom stereocenters. The summed E-state index contributed by atoms with van der Waals surface area (Å²) in [7, 11) is 0. The third-order valence-corrected chi connectivity index (χ3v) is 8.71. The zero-order chi connectivity index (χ0) is 33.9. The van der Waals surface area contributed by atoms with E-state index in [0.717, 1.165) is 34.4 Å². The van der Waals surface area contributed by atoms with Crippen molar-refractivity contribution in [2.75, 3.05) is 9.80 Å². The fraction of sp³-hybridized carbons (Fsp3) is 0.186. The largest absolute Gasteiger partial charge is 0.456 e. The van der Waals surface area contributed by atoms with Crippen LogP contribution in [0.1, 0.15) is 52.7 Å². The highest BCUT2D eigenvalue weighted by Gasteiger charge is 2.23. The smallest absolute Gasteiger partial charge is 0.148 e. The van der Waals surface area contributed by atoms with Crippen LogP contribution in [0.15, 0.2) is 146 Å². The number of hydrogen-bond donors (Lipinski definition) is 0. The van der Waals surface area contributed by atoms with Crippen LogP contribution in [0.25, 0.3) is 0 Å². The van der Waals surface area contributed by atoms with Gasteiger partial charge in [0.2, 0.25) is 0 Å². The lowest BCUT2D eigenvalue weighted by Crippen LogP contribution is -2.17. The summed E-state index contributed by atoms with van der Waals surface area (Å²) >= 11 is 7.15. The molecular formula is C43H42ClN3O. The van der Waals surface area contributed by atoms with Gasteiger partial charge in [-0.1, -0.05) is 126 Å². The highest BCUT2D eigenvalue weighted by Crippen LogP contribution is 2.44. The molecule has 0 radical (unpaired) electrons. The van der Waals surface area contributed by atoms with Gasteiger partial charge in [-0.25, -0.2) is 4.98 Å². The Bertz CT molecular complexity index is 1900. The average Bonchev–Trinajstić information content (AvgIpc) is 3.08. The first-order valence-corrected chi connectivity index (χ1v) is 16.7. The number of rotatable bonds is 8. The number of pyridine rings is 1. The summed E-state index contributed by atoms with van der Waals surface area (Å²) in [5.41, 5.74) is 6.39. The number of nitrogens with zero attached hydrogens (tertiary/aromatic N) is 3. The standard InChI is InChI=1S/C43H42ClN3O/c1-42(2,3)31-23-27-34(28-24-31)46(35-29-25-32(26-30-35)43(4,5)6)39-21-14-22-40(45-39)47(33-15-9-7-10-16-33)37-19-13-20-38(41(37)44)48-36-17-11-8-12-18-36/h7-30H,1-6H3. The summed E-state index contributed by atoms with van der Waals surface area (Å²) in [6.45, 7) is 13.4. The van der Waals surface area contributed by atoms with Crippen LogP contribution < -0.4 is 14.5 Å². The first-order chi connectivity index (χ1) is 23.0. The Hall–Kier alpha value is -5.06. The molecule has 0 bridgehead atoms. The lowest BCUT2D eigenvalue weighted by Gasteiger charge is -2.29. The maximum Gasteiger partial charge on any atom is 0.148 e. The second-order valence-electron chi connectivity index (χ2n) is 14.0. The molecule has 242 valence electrons. The predicted octanol–water partition coefficient (Wildman–Crippen LogP) is 13.1. The van der Waals surface area contributed by atoms with E-state index < -0.39 is 0 Å². The molecule has 5 aromatic carbocycles. The molecule has 0 aliphatic heterocycles. The molecule has 0 aliphatic rings. The average molecular weight is 652 g/mol. The fourth-order valence-corrected chi connectivity index (χ4v) is 5.88. The van der Waals surface area contributed by atoms with Gasteiger partial charge in [-0.15, -0.1) is 0 Å². The van der Waals surface area contributed by atoms with E-state index >= 15 is 0 Å². The molecule has 0 saturated carbocycles. The van der Waals surface area contributed by atoms with Gasteiger partial charge in [-0.3, -0.25) is 9.80 Å². The number of benzene rings is 5. The zero-order valence-corrected chi connectivity index (χ0v) is 29.2. The van der Waals surface area contributed by atoms with Gasteiger partial charge in [-0.2, -0.15) is 0 Å². The van der Waals surface area contributed by atoms with Gasteiger partial charge in [-0.05, 0) is 94.8 Å². The Morgan fingerprint density at radius 3 is 1.46 bits per heavy atom. The molecule has 0 saturated heterocycles. The van der Waals surface area contributed by atoms with E-state index in [1.54, 1.807) is 0 Å². The van der Waals surface area contributed by atoms with Crippen LogP contribution in [0.4, 0.5) is 34.4 Å². The zero-order valence-electron chi connectivity index (χ0n) is 28.5. The Balaban J connectivity index is 1.48. The number of hydrogen-bond acceptors (Lipinski definition) is 4. The molecule has 0 amide bonds. The van der Waals surface area contributed by atoms with E-state index in [0.29, 0.717) is 16.5 Å². The molecular weight excluding hydrogens is 610 g/mol.